The molecule has 2 amide bonds. The molecule has 0 aliphatic carbocycles. The zero-order valence-electron chi connectivity index (χ0n) is 27.8. The first kappa shape index (κ1) is 33.7. The molecule has 8 nitrogen and oxygen atoms in total. The fraction of sp³-hybridized carbons (Fsp3) is 0.205. The van der Waals surface area contributed by atoms with Gasteiger partial charge in [0, 0.05) is 52.3 Å². The van der Waals surface area contributed by atoms with Crippen molar-refractivity contribution >= 4 is 45.0 Å². The van der Waals surface area contributed by atoms with Gasteiger partial charge in [0.2, 0.25) is 17.7 Å². The number of rotatable bonds is 5. The summed E-state index contributed by atoms with van der Waals surface area (Å²) in [6, 6.07) is 26.9. The third-order valence-corrected chi connectivity index (χ3v) is 7.28. The summed E-state index contributed by atoms with van der Waals surface area (Å²) in [7, 11) is 0. The average molecular weight is 644 g/mol. The molecule has 0 spiro atoms. The van der Waals surface area contributed by atoms with E-state index in [-0.39, 0.29) is 17.6 Å². The van der Waals surface area contributed by atoms with Crippen LogP contribution in [0.25, 0.3) is 32.9 Å². The molecule has 3 aromatic heterocycles. The molecule has 244 valence electrons. The summed E-state index contributed by atoms with van der Waals surface area (Å²) in [4.78, 5) is 37.7. The van der Waals surface area contributed by atoms with Gasteiger partial charge in [0.15, 0.2) is 0 Å². The molecule has 0 unspecified atom stereocenters. The van der Waals surface area contributed by atoms with Crippen LogP contribution in [-0.4, -0.2) is 26.8 Å². The quantitative estimate of drug-likeness (QED) is 0.194. The van der Waals surface area contributed by atoms with Gasteiger partial charge in [0.05, 0.1) is 22.4 Å². The highest BCUT2D eigenvalue weighted by Crippen LogP contribution is 2.33. The summed E-state index contributed by atoms with van der Waals surface area (Å²) in [5.41, 5.74) is 3.52. The van der Waals surface area contributed by atoms with Gasteiger partial charge in [-0.1, -0.05) is 71.9 Å². The molecular formula is C39H38FN5O3. The van der Waals surface area contributed by atoms with Crippen LogP contribution in [-0.2, 0) is 9.59 Å². The largest absolute Gasteiger partial charge is 0.439 e. The molecule has 9 heteroatoms. The lowest BCUT2D eigenvalue weighted by Gasteiger charge is -2.19. The molecule has 6 aromatic rings. The van der Waals surface area contributed by atoms with E-state index >= 15 is 0 Å². The highest BCUT2D eigenvalue weighted by Gasteiger charge is 2.23. The van der Waals surface area contributed by atoms with Gasteiger partial charge in [-0.05, 0) is 59.7 Å². The fourth-order valence-corrected chi connectivity index (χ4v) is 4.56. The molecule has 0 aliphatic rings. The van der Waals surface area contributed by atoms with E-state index in [4.69, 9.17) is 4.74 Å². The van der Waals surface area contributed by atoms with E-state index in [2.05, 4.69) is 25.6 Å². The summed E-state index contributed by atoms with van der Waals surface area (Å²) in [5, 5.41) is 7.72. The molecule has 3 aromatic carbocycles. The number of amides is 2. The fourth-order valence-electron chi connectivity index (χ4n) is 4.56. The molecule has 2 N–H and O–H groups in total. The first-order valence-electron chi connectivity index (χ1n) is 15.5. The van der Waals surface area contributed by atoms with Crippen molar-refractivity contribution in [2.45, 2.75) is 41.5 Å². The predicted molar refractivity (Wildman–Crippen MR) is 189 cm³/mol. The summed E-state index contributed by atoms with van der Waals surface area (Å²) in [5.74, 6) is 0.657. The van der Waals surface area contributed by atoms with Crippen LogP contribution in [0.4, 0.5) is 15.8 Å². The number of hydrogen-bond acceptors (Lipinski definition) is 6. The number of nitrogens with zero attached hydrogens (tertiary/aromatic N) is 3. The van der Waals surface area contributed by atoms with Crippen LogP contribution in [0.3, 0.4) is 0 Å². The van der Waals surface area contributed by atoms with E-state index in [1.54, 1.807) is 42.9 Å². The maximum absolute atomic E-state index is 13.2. The van der Waals surface area contributed by atoms with E-state index in [9.17, 15) is 14.0 Å². The second kappa shape index (κ2) is 14.0. The molecule has 0 aliphatic heterocycles. The highest BCUT2D eigenvalue weighted by molar-refractivity contribution is 6.04. The number of carbonyl (C=O) groups excluding carboxylic acids is 2. The Hall–Kier alpha value is -5.70. The van der Waals surface area contributed by atoms with Gasteiger partial charge < -0.3 is 15.4 Å². The van der Waals surface area contributed by atoms with Crippen LogP contribution in [0.1, 0.15) is 41.5 Å². The Kier molecular flexibility index (Phi) is 9.79. The zero-order chi connectivity index (χ0) is 34.5. The average Bonchev–Trinajstić information content (AvgIpc) is 3.05. The molecule has 0 saturated carbocycles. The number of halogens is 1. The van der Waals surface area contributed by atoms with Crippen molar-refractivity contribution in [3.05, 3.63) is 115 Å². The van der Waals surface area contributed by atoms with Crippen molar-refractivity contribution in [3.8, 4) is 22.8 Å². The third-order valence-electron chi connectivity index (χ3n) is 7.28. The van der Waals surface area contributed by atoms with Crippen LogP contribution in [0.5, 0.6) is 11.6 Å². The Morgan fingerprint density at radius 2 is 1.15 bits per heavy atom. The minimum atomic E-state index is -0.507. The topological polar surface area (TPSA) is 106 Å². The number of fused-ring (bicyclic) bond motifs is 2. The number of pyridine rings is 3. The SMILES string of the molecule is CC(C)(C)C(=O)Nc1cc(-c2ccc(F)cc2)cc2cccnc12.CC(C)(C)C(=O)Nc1cc(Oc2ccccn2)cc2cccnc12. The second-order valence-corrected chi connectivity index (χ2v) is 13.3. The van der Waals surface area contributed by atoms with Crippen molar-refractivity contribution in [1.82, 2.24) is 15.0 Å². The van der Waals surface area contributed by atoms with Crippen LogP contribution >= 0.6 is 0 Å². The lowest BCUT2D eigenvalue weighted by Crippen LogP contribution is -2.27. The van der Waals surface area contributed by atoms with E-state index in [1.807, 2.05) is 96.1 Å². The van der Waals surface area contributed by atoms with E-state index < -0.39 is 10.8 Å². The first-order valence-corrected chi connectivity index (χ1v) is 15.5. The Morgan fingerprint density at radius 3 is 1.69 bits per heavy atom. The number of anilines is 2. The minimum absolute atomic E-state index is 0.0780. The summed E-state index contributed by atoms with van der Waals surface area (Å²) in [6.45, 7) is 11.2. The summed E-state index contributed by atoms with van der Waals surface area (Å²) >= 11 is 0. The van der Waals surface area contributed by atoms with Gasteiger partial charge in [0.1, 0.15) is 11.6 Å². The van der Waals surface area contributed by atoms with Gasteiger partial charge in [-0.15, -0.1) is 0 Å². The Labute approximate surface area is 279 Å². The smallest absolute Gasteiger partial charge is 0.229 e. The van der Waals surface area contributed by atoms with Crippen molar-refractivity contribution in [1.29, 1.82) is 0 Å². The van der Waals surface area contributed by atoms with E-state index in [0.717, 1.165) is 32.9 Å². The zero-order valence-corrected chi connectivity index (χ0v) is 27.8. The molecule has 0 radical (unpaired) electrons. The van der Waals surface area contributed by atoms with Crippen LogP contribution in [0.2, 0.25) is 0 Å². The second-order valence-electron chi connectivity index (χ2n) is 13.3. The molecular weight excluding hydrogens is 605 g/mol. The van der Waals surface area contributed by atoms with Crippen LogP contribution in [0.15, 0.2) is 110 Å². The Balaban J connectivity index is 0.000000188. The van der Waals surface area contributed by atoms with Gasteiger partial charge in [-0.3, -0.25) is 19.6 Å². The van der Waals surface area contributed by atoms with Crippen molar-refractivity contribution in [2.24, 2.45) is 10.8 Å². The molecule has 0 atom stereocenters. The van der Waals surface area contributed by atoms with E-state index in [0.29, 0.717) is 23.0 Å². The van der Waals surface area contributed by atoms with Gasteiger partial charge in [-0.2, -0.15) is 0 Å². The number of ether oxygens (including phenoxy) is 1. The summed E-state index contributed by atoms with van der Waals surface area (Å²) < 4.78 is 19.0. The van der Waals surface area contributed by atoms with E-state index in [1.165, 1.54) is 12.1 Å². The number of aromatic nitrogens is 3. The van der Waals surface area contributed by atoms with Crippen LogP contribution < -0.4 is 15.4 Å². The summed E-state index contributed by atoms with van der Waals surface area (Å²) in [6.07, 6.45) is 5.07. The highest BCUT2D eigenvalue weighted by atomic mass is 19.1. The molecule has 3 heterocycles. The number of hydrogen-bond donors (Lipinski definition) is 2. The van der Waals surface area contributed by atoms with Gasteiger partial charge >= 0.3 is 0 Å². The molecule has 0 bridgehead atoms. The standard InChI is InChI=1S/C20H19FN2O.C19H19N3O2/c1-20(2,3)19(24)23-17-12-15(13-6-8-16(21)9-7-13)11-14-5-4-10-22-18(14)17;1-19(2,3)18(23)22-15-12-14(24-16-8-4-5-9-20-16)11-13-7-6-10-21-17(13)15/h4-12H,1-3H3,(H,23,24);4-12H,1-3H3,(H,22,23). The lowest BCUT2D eigenvalue weighted by molar-refractivity contribution is -0.123. The number of nitrogens with one attached hydrogen (secondary N) is 2. The van der Waals surface area contributed by atoms with Crippen LogP contribution in [0, 0.1) is 16.6 Å². The monoisotopic (exact) mass is 643 g/mol. The maximum Gasteiger partial charge on any atom is 0.229 e. The predicted octanol–water partition coefficient (Wildman–Crippen LogP) is 9.43. The molecule has 0 saturated heterocycles. The Morgan fingerprint density at radius 1 is 0.604 bits per heavy atom. The molecule has 0 fully saturated rings. The number of carbonyl (C=O) groups is 2. The maximum atomic E-state index is 13.2. The number of benzene rings is 3. The molecule has 6 rings (SSSR count). The Bertz CT molecular complexity index is 2070. The molecule has 48 heavy (non-hydrogen) atoms. The minimum Gasteiger partial charge on any atom is -0.439 e. The van der Waals surface area contributed by atoms with Gasteiger partial charge in [-0.25, -0.2) is 9.37 Å². The van der Waals surface area contributed by atoms with Crippen molar-refractivity contribution in [3.63, 3.8) is 0 Å². The lowest BCUT2D eigenvalue weighted by atomic mass is 9.95. The first-order chi connectivity index (χ1) is 22.8. The van der Waals surface area contributed by atoms with Crippen molar-refractivity contribution < 1.29 is 18.7 Å². The normalized spacial score (nSPS) is 11.4. The van der Waals surface area contributed by atoms with Gasteiger partial charge in [0.25, 0.3) is 0 Å². The van der Waals surface area contributed by atoms with Crippen molar-refractivity contribution in [2.75, 3.05) is 10.6 Å². The third kappa shape index (κ3) is 8.36.